The van der Waals surface area contributed by atoms with E-state index in [4.69, 9.17) is 0 Å². The number of Topliss-reactive ketones (excluding diaryl/α,β-unsaturated/α-hetero) is 1. The van der Waals surface area contributed by atoms with E-state index in [9.17, 15) is 9.59 Å². The van der Waals surface area contributed by atoms with Gasteiger partial charge in [-0.3, -0.25) is 9.59 Å². The minimum Gasteiger partial charge on any atom is -0.286 e. The van der Waals surface area contributed by atoms with Crippen LogP contribution in [-0.4, -0.2) is 11.6 Å². The van der Waals surface area contributed by atoms with Gasteiger partial charge in [0.05, 0.1) is 0 Å². The van der Waals surface area contributed by atoms with Gasteiger partial charge in [-0.25, -0.2) is 0 Å². The van der Waals surface area contributed by atoms with Crippen LogP contribution in [0.25, 0.3) is 0 Å². The molecule has 1 rings (SSSR count). The molecule has 0 aromatic heterocycles. The second kappa shape index (κ2) is 3.69. The van der Waals surface area contributed by atoms with Crippen molar-refractivity contribution in [2.45, 2.75) is 41.5 Å². The predicted octanol–water partition coefficient (Wildman–Crippen LogP) is 3.08. The first kappa shape index (κ1) is 12.9. The van der Waals surface area contributed by atoms with Gasteiger partial charge < -0.3 is 0 Å². The van der Waals surface area contributed by atoms with E-state index in [1.165, 1.54) is 6.08 Å². The quantitative estimate of drug-likeness (QED) is 0.464. The lowest BCUT2D eigenvalue weighted by molar-refractivity contribution is -0.132. The van der Waals surface area contributed by atoms with Crippen LogP contribution in [0.2, 0.25) is 0 Å². The zero-order valence-electron chi connectivity index (χ0n) is 11.0. The Hall–Kier alpha value is -1.18. The summed E-state index contributed by atoms with van der Waals surface area (Å²) >= 11 is 0. The molecule has 0 aromatic rings. The van der Waals surface area contributed by atoms with Crippen LogP contribution in [-0.2, 0) is 9.59 Å². The fourth-order valence-electron chi connectivity index (χ4n) is 1.93. The molecule has 1 aliphatic carbocycles. The van der Waals surface area contributed by atoms with Gasteiger partial charge in [-0.1, -0.05) is 47.6 Å². The van der Waals surface area contributed by atoms with Gasteiger partial charge in [0.15, 0.2) is 0 Å². The number of ketones is 2. The molecule has 0 atom stereocenters. The largest absolute Gasteiger partial charge is 0.286 e. The first-order chi connectivity index (χ1) is 7.05. The van der Waals surface area contributed by atoms with Gasteiger partial charge in [0.1, 0.15) is 0 Å². The van der Waals surface area contributed by atoms with E-state index in [0.717, 1.165) is 5.57 Å². The molecule has 88 valence electrons. The van der Waals surface area contributed by atoms with Crippen molar-refractivity contribution < 1.29 is 9.59 Å². The molecule has 0 spiro atoms. The van der Waals surface area contributed by atoms with Crippen molar-refractivity contribution in [1.82, 2.24) is 0 Å². The molecule has 0 bridgehead atoms. The van der Waals surface area contributed by atoms with Crippen molar-refractivity contribution in [1.29, 1.82) is 0 Å². The number of hydrogen-bond donors (Lipinski definition) is 0. The predicted molar refractivity (Wildman–Crippen MR) is 65.1 cm³/mol. The maximum Gasteiger partial charge on any atom is 0.229 e. The van der Waals surface area contributed by atoms with Crippen molar-refractivity contribution in [3.63, 3.8) is 0 Å². The highest BCUT2D eigenvalue weighted by atomic mass is 16.2. The molecule has 1 aliphatic rings. The summed E-state index contributed by atoms with van der Waals surface area (Å²) < 4.78 is 0. The van der Waals surface area contributed by atoms with E-state index in [-0.39, 0.29) is 16.6 Å². The Morgan fingerprint density at radius 3 is 1.69 bits per heavy atom. The van der Waals surface area contributed by atoms with Crippen molar-refractivity contribution >= 4 is 11.6 Å². The smallest absolute Gasteiger partial charge is 0.229 e. The topological polar surface area (TPSA) is 34.1 Å². The van der Waals surface area contributed by atoms with E-state index in [1.54, 1.807) is 6.08 Å². The van der Waals surface area contributed by atoms with Gasteiger partial charge in [0.2, 0.25) is 11.6 Å². The maximum absolute atomic E-state index is 12.0. The molecular weight excluding hydrogens is 200 g/mol. The molecule has 2 heteroatoms. The molecule has 0 amide bonds. The molecule has 0 aromatic carbocycles. The molecule has 0 fully saturated rings. The Labute approximate surface area is 97.4 Å². The van der Waals surface area contributed by atoms with E-state index in [0.29, 0.717) is 5.57 Å². The molecule has 0 heterocycles. The third-order valence-electron chi connectivity index (χ3n) is 2.68. The van der Waals surface area contributed by atoms with Gasteiger partial charge in [-0.2, -0.15) is 0 Å². The monoisotopic (exact) mass is 220 g/mol. The number of allylic oxidation sites excluding steroid dienone is 4. The second-order valence-corrected chi connectivity index (χ2v) is 6.32. The second-order valence-electron chi connectivity index (χ2n) is 6.32. The van der Waals surface area contributed by atoms with Crippen molar-refractivity contribution in [2.75, 3.05) is 0 Å². The van der Waals surface area contributed by atoms with E-state index < -0.39 is 5.78 Å². The minimum absolute atomic E-state index is 0.116. The first-order valence-electron chi connectivity index (χ1n) is 5.57. The summed E-state index contributed by atoms with van der Waals surface area (Å²) in [6.07, 6.45) is 3.18. The summed E-state index contributed by atoms with van der Waals surface area (Å²) in [6, 6.07) is 0. The standard InChI is InChI=1S/C14H20O2/c1-13(2,3)9-7-8-10(15)12(16)11(9)14(4,5)6/h7-8H,1-6H3. The fourth-order valence-corrected chi connectivity index (χ4v) is 1.93. The molecule has 0 saturated heterocycles. The Morgan fingerprint density at radius 1 is 0.812 bits per heavy atom. The zero-order valence-corrected chi connectivity index (χ0v) is 11.0. The van der Waals surface area contributed by atoms with Crippen LogP contribution in [0.15, 0.2) is 23.3 Å². The average molecular weight is 220 g/mol. The summed E-state index contributed by atoms with van der Waals surface area (Å²) in [7, 11) is 0. The Bertz CT molecular complexity index is 395. The summed E-state index contributed by atoms with van der Waals surface area (Å²) in [5, 5.41) is 0. The minimum atomic E-state index is -0.405. The number of rotatable bonds is 0. The van der Waals surface area contributed by atoms with Crippen molar-refractivity contribution in [3.05, 3.63) is 23.3 Å². The molecule has 2 nitrogen and oxygen atoms in total. The van der Waals surface area contributed by atoms with Crippen molar-refractivity contribution in [2.24, 2.45) is 10.8 Å². The zero-order chi connectivity index (χ0) is 12.7. The van der Waals surface area contributed by atoms with Gasteiger partial charge in [0.25, 0.3) is 0 Å². The number of carbonyl (C=O) groups is 2. The Balaban J connectivity index is 3.48. The van der Waals surface area contributed by atoms with Crippen LogP contribution in [0, 0.1) is 10.8 Å². The Morgan fingerprint density at radius 2 is 1.31 bits per heavy atom. The van der Waals surface area contributed by atoms with E-state index in [2.05, 4.69) is 20.8 Å². The van der Waals surface area contributed by atoms with Gasteiger partial charge >= 0.3 is 0 Å². The van der Waals surface area contributed by atoms with Crippen LogP contribution in [0.1, 0.15) is 41.5 Å². The third kappa shape index (κ3) is 2.31. The van der Waals surface area contributed by atoms with Crippen molar-refractivity contribution in [3.8, 4) is 0 Å². The van der Waals surface area contributed by atoms with Crippen LogP contribution in [0.5, 0.6) is 0 Å². The molecule has 0 aliphatic heterocycles. The van der Waals surface area contributed by atoms with Crippen LogP contribution in [0.4, 0.5) is 0 Å². The fraction of sp³-hybridized carbons (Fsp3) is 0.571. The average Bonchev–Trinajstić information content (AvgIpc) is 2.05. The molecule has 0 N–H and O–H groups in total. The summed E-state index contributed by atoms with van der Waals surface area (Å²) in [6.45, 7) is 12.1. The number of carbonyl (C=O) groups excluding carboxylic acids is 2. The highest BCUT2D eigenvalue weighted by molar-refractivity contribution is 6.48. The summed E-state index contributed by atoms with van der Waals surface area (Å²) in [5.74, 6) is -0.752. The maximum atomic E-state index is 12.0. The Kier molecular flexibility index (Phi) is 2.97. The lowest BCUT2D eigenvalue weighted by atomic mass is 9.71. The lowest BCUT2D eigenvalue weighted by Gasteiger charge is -2.32. The van der Waals surface area contributed by atoms with Crippen LogP contribution in [0.3, 0.4) is 0 Å². The van der Waals surface area contributed by atoms with E-state index in [1.807, 2.05) is 20.8 Å². The van der Waals surface area contributed by atoms with Crippen LogP contribution < -0.4 is 0 Å². The molecular formula is C14H20O2. The van der Waals surface area contributed by atoms with Gasteiger partial charge in [-0.15, -0.1) is 0 Å². The number of hydrogen-bond acceptors (Lipinski definition) is 2. The van der Waals surface area contributed by atoms with Crippen LogP contribution >= 0.6 is 0 Å². The lowest BCUT2D eigenvalue weighted by Crippen LogP contribution is -2.30. The highest BCUT2D eigenvalue weighted by Crippen LogP contribution is 2.39. The molecule has 16 heavy (non-hydrogen) atoms. The molecule has 0 saturated carbocycles. The van der Waals surface area contributed by atoms with Gasteiger partial charge in [-0.05, 0) is 22.5 Å². The van der Waals surface area contributed by atoms with E-state index >= 15 is 0 Å². The SMILES string of the molecule is CC(C)(C)C1=C(C(C)(C)C)C(=O)C(=O)C=C1. The summed E-state index contributed by atoms with van der Waals surface area (Å²) in [4.78, 5) is 23.4. The molecule has 0 radical (unpaired) electrons. The highest BCUT2D eigenvalue weighted by Gasteiger charge is 2.35. The molecule has 0 unspecified atom stereocenters. The normalized spacial score (nSPS) is 18.4. The van der Waals surface area contributed by atoms with Gasteiger partial charge in [0, 0.05) is 5.57 Å². The summed E-state index contributed by atoms with van der Waals surface area (Å²) in [5.41, 5.74) is 1.23. The third-order valence-corrected chi connectivity index (χ3v) is 2.68. The first-order valence-corrected chi connectivity index (χ1v) is 5.57.